The third-order valence-electron chi connectivity index (χ3n) is 11.1. The van der Waals surface area contributed by atoms with Crippen LogP contribution in [0.1, 0.15) is 302 Å². The highest BCUT2D eigenvalue weighted by Crippen LogP contribution is 2.29. The number of aromatic nitrogens is 3. The summed E-state index contributed by atoms with van der Waals surface area (Å²) >= 11 is 3.79. The second-order valence-electron chi connectivity index (χ2n) is 21.7. The molecule has 0 atom stereocenters. The van der Waals surface area contributed by atoms with Crippen LogP contribution in [-0.2, 0) is 0 Å². The summed E-state index contributed by atoms with van der Waals surface area (Å²) in [4.78, 5) is 17.3. The highest BCUT2D eigenvalue weighted by Gasteiger charge is 2.11. The molecule has 7 heteroatoms. The third-order valence-corrected chi connectivity index (χ3v) is 14.4. The minimum absolute atomic E-state index is 0.391. The molecule has 5 aromatic heterocycles. The molecule has 6 aromatic rings. The van der Waals surface area contributed by atoms with Crippen LogP contribution in [0.15, 0.2) is 88.1 Å². The second kappa shape index (κ2) is 31.4. The first-order chi connectivity index (χ1) is 31.7. The van der Waals surface area contributed by atoms with Gasteiger partial charge in [0.2, 0.25) is 0 Å². The van der Waals surface area contributed by atoms with E-state index >= 15 is 0 Å². The molecule has 0 spiro atoms. The van der Waals surface area contributed by atoms with Gasteiger partial charge >= 0.3 is 0 Å². The van der Waals surface area contributed by atoms with Crippen LogP contribution in [0.3, 0.4) is 0 Å². The van der Waals surface area contributed by atoms with E-state index in [1.165, 1.54) is 42.0 Å². The summed E-state index contributed by atoms with van der Waals surface area (Å²) in [5.41, 5.74) is 5.36. The lowest BCUT2D eigenvalue weighted by atomic mass is 9.97. The first-order valence-corrected chi connectivity index (χ1v) is 27.5. The molecule has 0 amide bonds. The summed E-state index contributed by atoms with van der Waals surface area (Å²) in [6, 6.07) is 21.9. The van der Waals surface area contributed by atoms with Crippen LogP contribution in [0, 0.1) is 0 Å². The van der Waals surface area contributed by atoms with Crippen LogP contribution >= 0.6 is 22.7 Å². The van der Waals surface area contributed by atoms with Crippen molar-refractivity contribution >= 4 is 22.7 Å². The smallest absolute Gasteiger partial charge is 0.196 e. The molecular formula is C61H97N3O2S2. The maximum Gasteiger partial charge on any atom is 0.196 e. The molecule has 0 saturated carbocycles. The minimum Gasteiger partial charge on any atom is -0.466 e. The molecule has 0 aliphatic heterocycles. The Balaban J connectivity index is 0.000000408. The molecule has 0 unspecified atom stereocenters. The van der Waals surface area contributed by atoms with Crippen molar-refractivity contribution in [2.75, 3.05) is 0 Å². The number of oxazole rings is 1. The highest BCUT2D eigenvalue weighted by molar-refractivity contribution is 7.12. The van der Waals surface area contributed by atoms with Crippen molar-refractivity contribution < 1.29 is 8.83 Å². The standard InChI is InChI=1S/C12H18.C11H17N.C10H16O.C10H16S.C9H15NO.C9H15NS/c1-9(2)11-5-7-12(8-6-11)10(3)4;1-8(2)10-5-6-11(9(3)4)12-7-10;2*1-7(2)9-5-6-10(11-9)8(3)4;2*1-6(2)8-5-10-9(11-8)7(3)4/h5-10H,1-4H3;5-9H,1-4H3;2*5-8H,1-4H3;2*5-7H,1-4H3. The SMILES string of the molecule is CC(C)c1ccc(C(C)C)cc1.CC(C)c1ccc(C(C)C)nc1.CC(C)c1ccc(C(C)C)o1.CC(C)c1ccc(C(C)C)s1.CC(C)c1cnc(C(C)C)o1.CC(C)c1cnc(C(C)C)s1. The lowest BCUT2D eigenvalue weighted by Gasteiger charge is -2.08. The Labute approximate surface area is 425 Å². The first-order valence-electron chi connectivity index (χ1n) is 25.8. The zero-order valence-corrected chi connectivity index (χ0v) is 49.0. The fourth-order valence-corrected chi connectivity index (χ4v) is 7.95. The monoisotopic (exact) mass is 968 g/mol. The Morgan fingerprint density at radius 1 is 0.294 bits per heavy atom. The van der Waals surface area contributed by atoms with Crippen molar-refractivity contribution in [3.63, 3.8) is 0 Å². The molecule has 6 rings (SSSR count). The van der Waals surface area contributed by atoms with Gasteiger partial charge in [-0.25, -0.2) is 9.97 Å². The zero-order valence-electron chi connectivity index (χ0n) is 47.4. The van der Waals surface area contributed by atoms with Gasteiger partial charge in [-0.05, 0) is 88.4 Å². The van der Waals surface area contributed by atoms with E-state index in [9.17, 15) is 0 Å². The minimum atomic E-state index is 0.391. The van der Waals surface area contributed by atoms with Crippen LogP contribution in [0.5, 0.6) is 0 Å². The quantitative estimate of drug-likeness (QED) is 0.122. The van der Waals surface area contributed by atoms with Gasteiger partial charge in [-0.1, -0.05) is 197 Å². The van der Waals surface area contributed by atoms with Crippen molar-refractivity contribution in [1.82, 2.24) is 15.0 Å². The molecule has 0 aliphatic carbocycles. The molecule has 380 valence electrons. The van der Waals surface area contributed by atoms with E-state index in [4.69, 9.17) is 8.83 Å². The summed E-state index contributed by atoms with van der Waals surface area (Å²) < 4.78 is 11.1. The van der Waals surface area contributed by atoms with E-state index in [0.29, 0.717) is 71.0 Å². The molecule has 0 fully saturated rings. The van der Waals surface area contributed by atoms with E-state index in [1.807, 2.05) is 41.3 Å². The molecule has 5 heterocycles. The van der Waals surface area contributed by atoms with Gasteiger partial charge < -0.3 is 8.83 Å². The Morgan fingerprint density at radius 2 is 0.721 bits per heavy atom. The van der Waals surface area contributed by atoms with Gasteiger partial charge in [0.15, 0.2) is 5.89 Å². The van der Waals surface area contributed by atoms with Gasteiger partial charge in [0.25, 0.3) is 0 Å². The van der Waals surface area contributed by atoms with Crippen molar-refractivity contribution in [1.29, 1.82) is 0 Å². The number of nitrogens with zero attached hydrogens (tertiary/aromatic N) is 3. The van der Waals surface area contributed by atoms with Crippen molar-refractivity contribution in [3.8, 4) is 0 Å². The van der Waals surface area contributed by atoms with Crippen LogP contribution in [-0.4, -0.2) is 15.0 Å². The molecule has 0 bridgehead atoms. The Kier molecular flexibility index (Phi) is 28.7. The molecule has 0 radical (unpaired) electrons. The lowest BCUT2D eigenvalue weighted by molar-refractivity contribution is 0.422. The van der Waals surface area contributed by atoms with E-state index in [-0.39, 0.29) is 0 Å². The first kappa shape index (κ1) is 62.2. The largest absolute Gasteiger partial charge is 0.466 e. The predicted octanol–water partition coefficient (Wildman–Crippen LogP) is 21.1. The number of thiophene rings is 1. The van der Waals surface area contributed by atoms with E-state index in [1.54, 1.807) is 0 Å². The summed E-state index contributed by atoms with van der Waals surface area (Å²) in [7, 11) is 0. The molecule has 0 N–H and O–H groups in total. The van der Waals surface area contributed by atoms with E-state index in [0.717, 1.165) is 23.2 Å². The normalized spacial score (nSPS) is 11.4. The van der Waals surface area contributed by atoms with Gasteiger partial charge in [0, 0.05) is 62.3 Å². The van der Waals surface area contributed by atoms with Crippen molar-refractivity contribution in [2.24, 2.45) is 0 Å². The number of furan rings is 1. The van der Waals surface area contributed by atoms with Crippen LogP contribution < -0.4 is 0 Å². The van der Waals surface area contributed by atoms with Gasteiger partial charge in [-0.15, -0.1) is 22.7 Å². The van der Waals surface area contributed by atoms with Crippen LogP contribution in [0.4, 0.5) is 0 Å². The average molecular weight is 969 g/mol. The number of hydrogen-bond acceptors (Lipinski definition) is 7. The van der Waals surface area contributed by atoms with E-state index in [2.05, 4.69) is 242 Å². The number of hydrogen-bond donors (Lipinski definition) is 0. The topological polar surface area (TPSA) is 65.0 Å². The van der Waals surface area contributed by atoms with Crippen molar-refractivity contribution in [3.05, 3.63) is 144 Å². The molecule has 68 heavy (non-hydrogen) atoms. The maximum atomic E-state index is 5.61. The number of pyridine rings is 1. The average Bonchev–Trinajstić information content (AvgIpc) is 4.12. The second-order valence-corrected chi connectivity index (χ2v) is 24.0. The number of benzene rings is 1. The predicted molar refractivity (Wildman–Crippen MR) is 301 cm³/mol. The lowest BCUT2D eigenvalue weighted by Crippen LogP contribution is -1.94. The fraction of sp³-hybridized carbons (Fsp3) is 0.590. The van der Waals surface area contributed by atoms with E-state index < -0.39 is 0 Å². The molecule has 0 aliphatic rings. The molecule has 5 nitrogen and oxygen atoms in total. The Morgan fingerprint density at radius 3 is 0.956 bits per heavy atom. The number of rotatable bonds is 12. The van der Waals surface area contributed by atoms with Crippen LogP contribution in [0.2, 0.25) is 0 Å². The van der Waals surface area contributed by atoms with Gasteiger partial charge in [0.1, 0.15) is 17.3 Å². The van der Waals surface area contributed by atoms with Crippen LogP contribution in [0.25, 0.3) is 0 Å². The van der Waals surface area contributed by atoms with Gasteiger partial charge in [0.05, 0.1) is 11.2 Å². The summed E-state index contributed by atoms with van der Waals surface area (Å²) in [5, 5.41) is 1.26. The molecule has 0 saturated heterocycles. The molecule has 1 aromatic carbocycles. The highest BCUT2D eigenvalue weighted by atomic mass is 32.1. The Bertz CT molecular complexity index is 1770. The zero-order chi connectivity index (χ0) is 52.0. The van der Waals surface area contributed by atoms with Crippen molar-refractivity contribution in [2.45, 2.75) is 237 Å². The summed E-state index contributed by atoms with van der Waals surface area (Å²) in [6.07, 6.45) is 5.81. The Hall–Kier alpha value is -3.81. The summed E-state index contributed by atoms with van der Waals surface area (Å²) in [6.45, 7) is 52.3. The molecular weight excluding hydrogens is 871 g/mol. The van der Waals surface area contributed by atoms with Gasteiger partial charge in [-0.3, -0.25) is 4.98 Å². The van der Waals surface area contributed by atoms with Gasteiger partial charge in [-0.2, -0.15) is 0 Å². The maximum absolute atomic E-state index is 5.61. The number of thiazole rings is 1. The fourth-order valence-electron chi connectivity index (χ4n) is 6.01. The third kappa shape index (κ3) is 23.2. The summed E-state index contributed by atoms with van der Waals surface area (Å²) in [5.74, 6) is 10.8.